The number of nitrogens with zero attached hydrogens (tertiary/aromatic N) is 1. The number of ketones is 2. The van der Waals surface area contributed by atoms with E-state index in [9.17, 15) is 9.59 Å². The first-order valence-corrected chi connectivity index (χ1v) is 8.60. The average Bonchev–Trinajstić information content (AvgIpc) is 2.61. The highest BCUT2D eigenvalue weighted by Gasteiger charge is 2.27. The minimum Gasteiger partial charge on any atom is -0.290 e. The van der Waals surface area contributed by atoms with Gasteiger partial charge in [-0.25, -0.2) is 4.98 Å². The van der Waals surface area contributed by atoms with Gasteiger partial charge in [0.2, 0.25) is 0 Å². The fraction of sp³-hybridized carbons (Fsp3) is 0.150. The maximum atomic E-state index is 12.6. The molecule has 1 aromatic carbocycles. The zero-order valence-corrected chi connectivity index (χ0v) is 14.2. The van der Waals surface area contributed by atoms with Crippen molar-refractivity contribution >= 4 is 23.3 Å². The normalized spacial score (nSPS) is 14.8. The monoisotopic (exact) mass is 335 g/mol. The topological polar surface area (TPSA) is 47.0 Å². The van der Waals surface area contributed by atoms with Gasteiger partial charge in [-0.05, 0) is 43.5 Å². The zero-order chi connectivity index (χ0) is 16.9. The van der Waals surface area contributed by atoms with Gasteiger partial charge in [0, 0.05) is 17.3 Å². The fourth-order valence-electron chi connectivity index (χ4n) is 2.55. The lowest BCUT2D eigenvalue weighted by molar-refractivity contribution is -0.115. The van der Waals surface area contributed by atoms with E-state index < -0.39 is 0 Å². The standard InChI is InChI=1S/C20H17NO2S/c1-14-13-17(22)16(11-10-15-7-3-2-4-8-15)20(19(14)23)24-18-9-5-6-12-21-18/h2-9,12-13H,10-11H2,1H3. The largest absolute Gasteiger partial charge is 0.290 e. The van der Waals surface area contributed by atoms with E-state index in [0.717, 1.165) is 17.0 Å². The second-order valence-electron chi connectivity index (χ2n) is 5.58. The number of carbonyl (C=O) groups excluding carboxylic acids is 2. The van der Waals surface area contributed by atoms with Crippen molar-refractivity contribution in [1.29, 1.82) is 0 Å². The third kappa shape index (κ3) is 3.71. The molecule has 0 bridgehead atoms. The van der Waals surface area contributed by atoms with E-state index in [1.807, 2.05) is 48.5 Å². The number of aryl methyl sites for hydroxylation is 1. The van der Waals surface area contributed by atoms with Crippen molar-refractivity contribution in [2.75, 3.05) is 0 Å². The number of benzene rings is 1. The van der Waals surface area contributed by atoms with Gasteiger partial charge in [-0.15, -0.1) is 0 Å². The van der Waals surface area contributed by atoms with Crippen LogP contribution in [-0.2, 0) is 16.0 Å². The minimum atomic E-state index is -0.0756. The molecule has 1 aliphatic carbocycles. The van der Waals surface area contributed by atoms with Crippen LogP contribution in [0.1, 0.15) is 18.9 Å². The first kappa shape index (κ1) is 16.4. The summed E-state index contributed by atoms with van der Waals surface area (Å²) in [7, 11) is 0. The Bertz CT molecular complexity index is 823. The SMILES string of the molecule is CC1=CC(=O)C(CCc2ccccc2)=C(Sc2ccccn2)C1=O. The van der Waals surface area contributed by atoms with Gasteiger partial charge in [0.15, 0.2) is 11.6 Å². The summed E-state index contributed by atoms with van der Waals surface area (Å²) in [5.41, 5.74) is 2.23. The second-order valence-corrected chi connectivity index (χ2v) is 6.61. The number of rotatable bonds is 5. The Morgan fingerprint density at radius 2 is 1.71 bits per heavy atom. The summed E-state index contributed by atoms with van der Waals surface area (Å²) in [6.45, 7) is 1.69. The zero-order valence-electron chi connectivity index (χ0n) is 13.4. The number of aromatic nitrogens is 1. The van der Waals surface area contributed by atoms with Gasteiger partial charge >= 0.3 is 0 Å². The molecule has 0 unspecified atom stereocenters. The van der Waals surface area contributed by atoms with Crippen LogP contribution < -0.4 is 0 Å². The van der Waals surface area contributed by atoms with Crippen LogP contribution in [0.15, 0.2) is 81.9 Å². The Kier molecular flexibility index (Phi) is 5.06. The van der Waals surface area contributed by atoms with Gasteiger partial charge in [0.1, 0.15) is 5.03 Å². The van der Waals surface area contributed by atoms with Crippen molar-refractivity contribution in [3.63, 3.8) is 0 Å². The van der Waals surface area contributed by atoms with Gasteiger partial charge in [-0.1, -0.05) is 48.2 Å². The molecular weight excluding hydrogens is 318 g/mol. The lowest BCUT2D eigenvalue weighted by Gasteiger charge is -2.17. The quantitative estimate of drug-likeness (QED) is 0.770. The summed E-state index contributed by atoms with van der Waals surface area (Å²) in [6.07, 6.45) is 4.41. The molecule has 120 valence electrons. The molecule has 1 aromatic heterocycles. The summed E-state index contributed by atoms with van der Waals surface area (Å²) in [4.78, 5) is 29.8. The predicted octanol–water partition coefficient (Wildman–Crippen LogP) is 4.16. The molecule has 24 heavy (non-hydrogen) atoms. The average molecular weight is 335 g/mol. The molecule has 0 atom stereocenters. The third-order valence-electron chi connectivity index (χ3n) is 3.83. The van der Waals surface area contributed by atoms with Crippen molar-refractivity contribution in [3.05, 3.63) is 82.4 Å². The molecule has 4 heteroatoms. The number of carbonyl (C=O) groups is 2. The lowest BCUT2D eigenvalue weighted by atomic mass is 9.93. The predicted molar refractivity (Wildman–Crippen MR) is 95.7 cm³/mol. The smallest absolute Gasteiger partial charge is 0.196 e. The minimum absolute atomic E-state index is 0.0681. The highest BCUT2D eigenvalue weighted by Crippen LogP contribution is 2.34. The van der Waals surface area contributed by atoms with Crippen LogP contribution in [0.2, 0.25) is 0 Å². The summed E-state index contributed by atoms with van der Waals surface area (Å²) in [6, 6.07) is 15.5. The van der Waals surface area contributed by atoms with Crippen LogP contribution in [0.25, 0.3) is 0 Å². The summed E-state index contributed by atoms with van der Waals surface area (Å²) >= 11 is 1.28. The van der Waals surface area contributed by atoms with E-state index in [0.29, 0.717) is 22.5 Å². The highest BCUT2D eigenvalue weighted by atomic mass is 32.2. The van der Waals surface area contributed by atoms with Crippen molar-refractivity contribution in [2.45, 2.75) is 24.8 Å². The maximum Gasteiger partial charge on any atom is 0.196 e. The van der Waals surface area contributed by atoms with E-state index >= 15 is 0 Å². The van der Waals surface area contributed by atoms with Gasteiger partial charge < -0.3 is 0 Å². The van der Waals surface area contributed by atoms with Crippen molar-refractivity contribution < 1.29 is 9.59 Å². The molecule has 1 aliphatic rings. The van der Waals surface area contributed by atoms with Gasteiger partial charge in [-0.2, -0.15) is 0 Å². The van der Waals surface area contributed by atoms with Crippen molar-refractivity contribution in [3.8, 4) is 0 Å². The highest BCUT2D eigenvalue weighted by molar-refractivity contribution is 8.04. The molecule has 1 heterocycles. The molecule has 0 spiro atoms. The number of thioether (sulfide) groups is 1. The van der Waals surface area contributed by atoms with Crippen LogP contribution >= 0.6 is 11.8 Å². The van der Waals surface area contributed by atoms with Crippen molar-refractivity contribution in [1.82, 2.24) is 4.98 Å². The van der Waals surface area contributed by atoms with Gasteiger partial charge in [0.05, 0.1) is 4.91 Å². The Morgan fingerprint density at radius 1 is 0.958 bits per heavy atom. The van der Waals surface area contributed by atoms with Crippen molar-refractivity contribution in [2.24, 2.45) is 0 Å². The molecule has 0 fully saturated rings. The van der Waals surface area contributed by atoms with Crippen LogP contribution in [0.4, 0.5) is 0 Å². The van der Waals surface area contributed by atoms with Crippen LogP contribution in [0.5, 0.6) is 0 Å². The van der Waals surface area contributed by atoms with E-state index in [1.54, 1.807) is 13.1 Å². The third-order valence-corrected chi connectivity index (χ3v) is 4.92. The lowest BCUT2D eigenvalue weighted by Crippen LogP contribution is -2.17. The van der Waals surface area contributed by atoms with Gasteiger partial charge in [-0.3, -0.25) is 9.59 Å². The van der Waals surface area contributed by atoms with Gasteiger partial charge in [0.25, 0.3) is 0 Å². The molecule has 0 N–H and O–H groups in total. The first-order chi connectivity index (χ1) is 11.6. The summed E-state index contributed by atoms with van der Waals surface area (Å²) < 4.78 is 0. The van der Waals surface area contributed by atoms with E-state index in [2.05, 4.69) is 4.98 Å². The molecule has 0 radical (unpaired) electrons. The Hall–Kier alpha value is -2.46. The van der Waals surface area contributed by atoms with E-state index in [1.165, 1.54) is 17.8 Å². The number of Topliss-reactive ketones (excluding diaryl/α,β-unsaturated/α-hetero) is 1. The van der Waals surface area contributed by atoms with E-state index in [-0.39, 0.29) is 11.6 Å². The molecule has 3 rings (SSSR count). The molecule has 0 aliphatic heterocycles. The van der Waals surface area contributed by atoms with Crippen LogP contribution in [-0.4, -0.2) is 16.6 Å². The number of hydrogen-bond donors (Lipinski definition) is 0. The molecule has 3 nitrogen and oxygen atoms in total. The van der Waals surface area contributed by atoms with E-state index in [4.69, 9.17) is 0 Å². The maximum absolute atomic E-state index is 12.6. The molecular formula is C20H17NO2S. The number of allylic oxidation sites excluding steroid dienone is 4. The van der Waals surface area contributed by atoms with Crippen LogP contribution in [0.3, 0.4) is 0 Å². The Labute approximate surface area is 145 Å². The fourth-order valence-corrected chi connectivity index (χ4v) is 3.60. The Morgan fingerprint density at radius 3 is 2.42 bits per heavy atom. The summed E-state index contributed by atoms with van der Waals surface area (Å²) in [5, 5.41) is 0.723. The summed E-state index contributed by atoms with van der Waals surface area (Å²) in [5.74, 6) is -0.144. The molecule has 0 saturated heterocycles. The first-order valence-electron chi connectivity index (χ1n) is 7.78. The van der Waals surface area contributed by atoms with Crippen LogP contribution in [0, 0.1) is 0 Å². The Balaban J connectivity index is 1.89. The molecule has 0 amide bonds. The number of hydrogen-bond acceptors (Lipinski definition) is 4. The number of pyridine rings is 1. The molecule has 0 saturated carbocycles. The second kappa shape index (κ2) is 7.41. The molecule has 2 aromatic rings.